The van der Waals surface area contributed by atoms with E-state index >= 15 is 0 Å². The first-order valence-electron chi connectivity index (χ1n) is 7.94. The number of fused-ring (bicyclic) bond motifs is 1. The van der Waals surface area contributed by atoms with E-state index < -0.39 is 0 Å². The monoisotopic (exact) mass is 363 g/mol. The molecule has 0 aliphatic carbocycles. The van der Waals surface area contributed by atoms with Gasteiger partial charge in [0.25, 0.3) is 5.91 Å². The molecule has 1 aromatic carbocycles. The summed E-state index contributed by atoms with van der Waals surface area (Å²) in [6.45, 7) is 1.91. The van der Waals surface area contributed by atoms with Crippen molar-refractivity contribution in [3.05, 3.63) is 71.1 Å². The SMILES string of the molecule is Cc1ccncc1NC(=O)c1ccnc2nc(-c3ccc(Cl)cc3)[nH]c12. The van der Waals surface area contributed by atoms with Crippen molar-refractivity contribution in [3.63, 3.8) is 0 Å². The summed E-state index contributed by atoms with van der Waals surface area (Å²) in [5, 5.41) is 3.53. The van der Waals surface area contributed by atoms with E-state index in [1.165, 1.54) is 0 Å². The average molecular weight is 364 g/mol. The Hall–Kier alpha value is -3.25. The molecule has 0 bridgehead atoms. The summed E-state index contributed by atoms with van der Waals surface area (Å²) in [6.07, 6.45) is 4.88. The highest BCUT2D eigenvalue weighted by molar-refractivity contribution is 6.30. The van der Waals surface area contributed by atoms with E-state index in [0.29, 0.717) is 33.3 Å². The highest BCUT2D eigenvalue weighted by Gasteiger charge is 2.16. The van der Waals surface area contributed by atoms with E-state index in [1.54, 1.807) is 36.8 Å². The second kappa shape index (κ2) is 6.57. The summed E-state index contributed by atoms with van der Waals surface area (Å²) in [6, 6.07) is 10.8. The van der Waals surface area contributed by atoms with Crippen LogP contribution >= 0.6 is 11.6 Å². The number of nitrogens with zero attached hydrogens (tertiary/aromatic N) is 3. The molecule has 7 heteroatoms. The maximum Gasteiger partial charge on any atom is 0.258 e. The zero-order chi connectivity index (χ0) is 18.1. The van der Waals surface area contributed by atoms with Gasteiger partial charge in [-0.3, -0.25) is 9.78 Å². The number of aromatic nitrogens is 4. The van der Waals surface area contributed by atoms with Crippen molar-refractivity contribution >= 4 is 34.4 Å². The fraction of sp³-hybridized carbons (Fsp3) is 0.0526. The van der Waals surface area contributed by atoms with Gasteiger partial charge in [0.05, 0.1) is 23.0 Å². The summed E-state index contributed by atoms with van der Waals surface area (Å²) in [5.74, 6) is 0.377. The maximum absolute atomic E-state index is 12.7. The number of hydrogen-bond acceptors (Lipinski definition) is 4. The fourth-order valence-electron chi connectivity index (χ4n) is 2.63. The lowest BCUT2D eigenvalue weighted by Crippen LogP contribution is -2.13. The van der Waals surface area contributed by atoms with Crippen molar-refractivity contribution in [2.75, 3.05) is 5.32 Å². The summed E-state index contributed by atoms with van der Waals surface area (Å²) >= 11 is 5.93. The second-order valence-electron chi connectivity index (χ2n) is 5.79. The zero-order valence-corrected chi connectivity index (χ0v) is 14.6. The molecule has 128 valence electrons. The lowest BCUT2D eigenvalue weighted by atomic mass is 10.2. The molecule has 0 radical (unpaired) electrons. The van der Waals surface area contributed by atoms with Crippen LogP contribution in [0.1, 0.15) is 15.9 Å². The number of amides is 1. The van der Waals surface area contributed by atoms with Gasteiger partial charge in [0.1, 0.15) is 5.82 Å². The van der Waals surface area contributed by atoms with Crippen LogP contribution in [-0.4, -0.2) is 25.8 Å². The molecule has 0 unspecified atom stereocenters. The van der Waals surface area contributed by atoms with Crippen molar-refractivity contribution in [3.8, 4) is 11.4 Å². The minimum absolute atomic E-state index is 0.250. The summed E-state index contributed by atoms with van der Waals surface area (Å²) < 4.78 is 0. The molecule has 1 amide bonds. The van der Waals surface area contributed by atoms with E-state index in [9.17, 15) is 4.79 Å². The number of H-pyrrole nitrogens is 1. The smallest absolute Gasteiger partial charge is 0.258 e. The predicted molar refractivity (Wildman–Crippen MR) is 101 cm³/mol. The van der Waals surface area contributed by atoms with Crippen LogP contribution in [0.3, 0.4) is 0 Å². The Morgan fingerprint density at radius 3 is 2.69 bits per heavy atom. The van der Waals surface area contributed by atoms with E-state index in [4.69, 9.17) is 11.6 Å². The molecule has 2 N–H and O–H groups in total. The van der Waals surface area contributed by atoms with Crippen molar-refractivity contribution < 1.29 is 4.79 Å². The van der Waals surface area contributed by atoms with Gasteiger partial charge in [0.2, 0.25) is 0 Å². The van der Waals surface area contributed by atoms with Gasteiger partial charge in [-0.15, -0.1) is 0 Å². The van der Waals surface area contributed by atoms with Gasteiger partial charge in [0.15, 0.2) is 5.65 Å². The lowest BCUT2D eigenvalue weighted by Gasteiger charge is -2.07. The number of nitrogens with one attached hydrogen (secondary N) is 2. The van der Waals surface area contributed by atoms with Gasteiger partial charge in [-0.2, -0.15) is 0 Å². The molecule has 26 heavy (non-hydrogen) atoms. The Balaban J connectivity index is 1.72. The number of carbonyl (C=O) groups excluding carboxylic acids is 1. The predicted octanol–water partition coefficient (Wildman–Crippen LogP) is 4.23. The number of aryl methyl sites for hydroxylation is 1. The van der Waals surface area contributed by atoms with Crippen molar-refractivity contribution in [2.45, 2.75) is 6.92 Å². The van der Waals surface area contributed by atoms with Gasteiger partial charge in [-0.1, -0.05) is 11.6 Å². The van der Waals surface area contributed by atoms with E-state index in [0.717, 1.165) is 11.1 Å². The third-order valence-electron chi connectivity index (χ3n) is 4.04. The minimum Gasteiger partial charge on any atom is -0.336 e. The molecule has 4 aromatic rings. The number of halogens is 1. The number of aromatic amines is 1. The largest absolute Gasteiger partial charge is 0.336 e. The second-order valence-corrected chi connectivity index (χ2v) is 6.23. The Morgan fingerprint density at radius 1 is 1.12 bits per heavy atom. The van der Waals surface area contributed by atoms with Crippen LogP contribution in [0.25, 0.3) is 22.6 Å². The molecule has 0 saturated carbocycles. The molecule has 3 aromatic heterocycles. The molecule has 0 atom stereocenters. The van der Waals surface area contributed by atoms with Crippen molar-refractivity contribution in [2.24, 2.45) is 0 Å². The number of anilines is 1. The van der Waals surface area contributed by atoms with Gasteiger partial charge < -0.3 is 10.3 Å². The summed E-state index contributed by atoms with van der Waals surface area (Å²) in [7, 11) is 0. The Labute approximate surface area is 154 Å². The van der Waals surface area contributed by atoms with Crippen LogP contribution in [0.15, 0.2) is 55.0 Å². The van der Waals surface area contributed by atoms with E-state index in [-0.39, 0.29) is 5.91 Å². The minimum atomic E-state index is -0.250. The normalized spacial score (nSPS) is 10.8. The van der Waals surface area contributed by atoms with Crippen LogP contribution < -0.4 is 5.32 Å². The number of carbonyl (C=O) groups is 1. The third kappa shape index (κ3) is 3.02. The van der Waals surface area contributed by atoms with Crippen LogP contribution in [0.2, 0.25) is 5.02 Å². The molecule has 0 spiro atoms. The number of imidazole rings is 1. The molecular formula is C19H14ClN5O. The number of pyridine rings is 2. The van der Waals surface area contributed by atoms with Crippen molar-refractivity contribution in [1.29, 1.82) is 0 Å². The van der Waals surface area contributed by atoms with Crippen LogP contribution in [0.4, 0.5) is 5.69 Å². The number of rotatable bonds is 3. The molecule has 0 fully saturated rings. The van der Waals surface area contributed by atoms with Crippen LogP contribution in [-0.2, 0) is 0 Å². The molecule has 0 saturated heterocycles. The maximum atomic E-state index is 12.7. The molecule has 4 rings (SSSR count). The first kappa shape index (κ1) is 16.2. The topological polar surface area (TPSA) is 83.6 Å². The molecule has 0 aliphatic heterocycles. The van der Waals surface area contributed by atoms with Crippen LogP contribution in [0.5, 0.6) is 0 Å². The standard InChI is InChI=1S/C19H14ClN5O/c1-11-6-8-21-10-15(11)23-19(26)14-7-9-22-18-16(14)24-17(25-18)12-2-4-13(20)5-3-12/h2-10H,1H3,(H,23,26)(H,22,24,25). The first-order valence-corrected chi connectivity index (χ1v) is 8.32. The molecular weight excluding hydrogens is 350 g/mol. The highest BCUT2D eigenvalue weighted by Crippen LogP contribution is 2.24. The third-order valence-corrected chi connectivity index (χ3v) is 4.29. The van der Waals surface area contributed by atoms with Crippen molar-refractivity contribution in [1.82, 2.24) is 19.9 Å². The fourth-order valence-corrected chi connectivity index (χ4v) is 2.76. The van der Waals surface area contributed by atoms with E-state index in [1.807, 2.05) is 25.1 Å². The van der Waals surface area contributed by atoms with Gasteiger partial charge in [0, 0.05) is 23.0 Å². The summed E-state index contributed by atoms with van der Waals surface area (Å²) in [4.78, 5) is 28.7. The quantitative estimate of drug-likeness (QED) is 0.570. The molecule has 6 nitrogen and oxygen atoms in total. The highest BCUT2D eigenvalue weighted by atomic mass is 35.5. The number of benzene rings is 1. The van der Waals surface area contributed by atoms with Gasteiger partial charge in [-0.05, 0) is 48.9 Å². The summed E-state index contributed by atoms with van der Waals surface area (Å²) in [5.41, 5.74) is 3.99. The Kier molecular flexibility index (Phi) is 4.10. The van der Waals surface area contributed by atoms with Gasteiger partial charge in [-0.25, -0.2) is 9.97 Å². The first-order chi connectivity index (χ1) is 12.6. The number of hydrogen-bond donors (Lipinski definition) is 2. The average Bonchev–Trinajstić information content (AvgIpc) is 3.08. The lowest BCUT2D eigenvalue weighted by molar-refractivity contribution is 0.102. The van der Waals surface area contributed by atoms with Crippen LogP contribution in [0, 0.1) is 6.92 Å². The van der Waals surface area contributed by atoms with E-state index in [2.05, 4.69) is 25.3 Å². The van der Waals surface area contributed by atoms with Gasteiger partial charge >= 0.3 is 0 Å². The Morgan fingerprint density at radius 2 is 1.92 bits per heavy atom. The molecule has 0 aliphatic rings. The Bertz CT molecular complexity index is 1100. The zero-order valence-electron chi connectivity index (χ0n) is 13.8. The molecule has 3 heterocycles.